The van der Waals surface area contributed by atoms with Crippen molar-refractivity contribution in [1.82, 2.24) is 20.0 Å². The van der Waals surface area contributed by atoms with Gasteiger partial charge >= 0.3 is 0 Å². The average molecular weight is 357 g/mol. The highest BCUT2D eigenvalue weighted by atomic mass is 16.5. The molecule has 2 atom stereocenters. The number of likely N-dealkylation sites (tertiary alicyclic amines) is 1. The molecular weight excluding hydrogens is 330 g/mol. The van der Waals surface area contributed by atoms with E-state index in [0.29, 0.717) is 6.54 Å². The summed E-state index contributed by atoms with van der Waals surface area (Å²) < 4.78 is 5.29. The molecule has 0 aromatic carbocycles. The van der Waals surface area contributed by atoms with E-state index in [-0.39, 0.29) is 12.0 Å². The Labute approximate surface area is 154 Å². The molecule has 2 aliphatic rings. The molecule has 0 aliphatic carbocycles. The van der Waals surface area contributed by atoms with E-state index in [1.54, 1.807) is 0 Å². The lowest BCUT2D eigenvalue weighted by Crippen LogP contribution is -2.31. The molecule has 4 rings (SSSR count). The zero-order valence-corrected chi connectivity index (χ0v) is 15.3. The Morgan fingerprint density at radius 1 is 1.15 bits per heavy atom. The van der Waals surface area contributed by atoms with Crippen LogP contribution in [0, 0.1) is 12.8 Å². The number of nitrogens with zero attached hydrogens (tertiary/aromatic N) is 5. The normalized spacial score (nSPS) is 24.3. The molecule has 0 amide bonds. The Balaban J connectivity index is 1.32. The number of rotatable bonds is 5. The van der Waals surface area contributed by atoms with Gasteiger partial charge in [0.25, 0.3) is 0 Å². The van der Waals surface area contributed by atoms with Gasteiger partial charge in [0.15, 0.2) is 0 Å². The van der Waals surface area contributed by atoms with Crippen LogP contribution in [-0.4, -0.2) is 57.4 Å². The summed E-state index contributed by atoms with van der Waals surface area (Å²) >= 11 is 0. The summed E-state index contributed by atoms with van der Waals surface area (Å²) in [6.45, 7) is 6.31. The second kappa shape index (κ2) is 7.72. The van der Waals surface area contributed by atoms with Gasteiger partial charge in [-0.2, -0.15) is 0 Å². The highest BCUT2D eigenvalue weighted by molar-refractivity contribution is 5.30. The van der Waals surface area contributed by atoms with Crippen molar-refractivity contribution in [2.75, 3.05) is 31.1 Å². The van der Waals surface area contributed by atoms with Crippen LogP contribution in [0.25, 0.3) is 0 Å². The van der Waals surface area contributed by atoms with E-state index in [1.165, 1.54) is 19.3 Å². The maximum Gasteiger partial charge on any atom is 0.225 e. The van der Waals surface area contributed by atoms with Gasteiger partial charge in [-0.05, 0) is 26.2 Å². The minimum Gasteiger partial charge on any atom is -0.391 e. The Morgan fingerprint density at radius 2 is 1.92 bits per heavy atom. The van der Waals surface area contributed by atoms with Crippen LogP contribution in [0.5, 0.6) is 0 Å². The van der Waals surface area contributed by atoms with Crippen LogP contribution < -0.4 is 4.90 Å². The van der Waals surface area contributed by atoms with Crippen molar-refractivity contribution in [3.05, 3.63) is 35.5 Å². The molecule has 0 saturated carbocycles. The van der Waals surface area contributed by atoms with Crippen LogP contribution in [0.15, 0.2) is 23.0 Å². The molecule has 4 heterocycles. The van der Waals surface area contributed by atoms with Gasteiger partial charge in [-0.15, -0.1) is 0 Å². The predicted octanol–water partition coefficient (Wildman–Crippen LogP) is 1.80. The second-order valence-electron chi connectivity index (χ2n) is 7.60. The van der Waals surface area contributed by atoms with Crippen molar-refractivity contribution in [3.63, 3.8) is 0 Å². The highest BCUT2D eigenvalue weighted by Gasteiger charge is 2.32. The second-order valence-corrected chi connectivity index (χ2v) is 7.60. The molecule has 1 N–H and O–H groups in total. The first-order valence-corrected chi connectivity index (χ1v) is 9.56. The predicted molar refractivity (Wildman–Crippen MR) is 97.8 cm³/mol. The van der Waals surface area contributed by atoms with Crippen LogP contribution in [0.1, 0.15) is 36.3 Å². The third kappa shape index (κ3) is 4.04. The summed E-state index contributed by atoms with van der Waals surface area (Å²) in [5, 5.41) is 14.3. The molecule has 2 fully saturated rings. The topological polar surface area (TPSA) is 78.5 Å². The molecule has 140 valence electrons. The molecule has 2 aliphatic heterocycles. The number of aliphatic hydroxyl groups excluding tert-OH is 1. The molecule has 2 aromatic heterocycles. The smallest absolute Gasteiger partial charge is 0.225 e. The quantitative estimate of drug-likeness (QED) is 0.874. The highest BCUT2D eigenvalue weighted by Crippen LogP contribution is 2.23. The SMILES string of the molecule is Cc1cc(C[C@@H]2CN(Cc3cnc(N4CCCCC4)nc3)C[C@@H]2O)on1. The zero-order valence-electron chi connectivity index (χ0n) is 15.3. The van der Waals surface area contributed by atoms with Gasteiger partial charge in [0.1, 0.15) is 5.76 Å². The lowest BCUT2D eigenvalue weighted by Gasteiger charge is -2.26. The first-order valence-electron chi connectivity index (χ1n) is 9.56. The number of aryl methyl sites for hydroxylation is 1. The molecule has 0 unspecified atom stereocenters. The van der Waals surface area contributed by atoms with Crippen molar-refractivity contribution >= 4 is 5.95 Å². The number of piperidine rings is 1. The van der Waals surface area contributed by atoms with Gasteiger partial charge in [0.05, 0.1) is 11.8 Å². The minimum absolute atomic E-state index is 0.177. The lowest BCUT2D eigenvalue weighted by atomic mass is 10.0. The lowest BCUT2D eigenvalue weighted by molar-refractivity contribution is 0.137. The van der Waals surface area contributed by atoms with Crippen molar-refractivity contribution in [2.24, 2.45) is 5.92 Å². The van der Waals surface area contributed by atoms with Crippen molar-refractivity contribution in [2.45, 2.75) is 45.3 Å². The van der Waals surface area contributed by atoms with Gasteiger partial charge in [-0.1, -0.05) is 5.16 Å². The largest absolute Gasteiger partial charge is 0.391 e. The third-order valence-corrected chi connectivity index (χ3v) is 5.36. The van der Waals surface area contributed by atoms with E-state index in [4.69, 9.17) is 4.52 Å². The number of anilines is 1. The summed E-state index contributed by atoms with van der Waals surface area (Å²) in [6, 6.07) is 1.95. The van der Waals surface area contributed by atoms with Crippen molar-refractivity contribution in [1.29, 1.82) is 0 Å². The Bertz CT molecular complexity index is 711. The van der Waals surface area contributed by atoms with Crippen LogP contribution in [0.3, 0.4) is 0 Å². The van der Waals surface area contributed by atoms with Gasteiger partial charge in [0.2, 0.25) is 5.95 Å². The van der Waals surface area contributed by atoms with Gasteiger partial charge in [0, 0.05) is 69.1 Å². The zero-order chi connectivity index (χ0) is 17.9. The van der Waals surface area contributed by atoms with Gasteiger partial charge < -0.3 is 14.5 Å². The fourth-order valence-electron chi connectivity index (χ4n) is 3.99. The maximum atomic E-state index is 10.4. The summed E-state index contributed by atoms with van der Waals surface area (Å²) in [5.74, 6) is 1.87. The summed E-state index contributed by atoms with van der Waals surface area (Å²) in [7, 11) is 0. The van der Waals surface area contributed by atoms with E-state index < -0.39 is 0 Å². The van der Waals surface area contributed by atoms with Gasteiger partial charge in [-0.25, -0.2) is 9.97 Å². The molecule has 26 heavy (non-hydrogen) atoms. The minimum atomic E-state index is -0.339. The van der Waals surface area contributed by atoms with Crippen LogP contribution in [0.4, 0.5) is 5.95 Å². The van der Waals surface area contributed by atoms with E-state index in [9.17, 15) is 5.11 Å². The fraction of sp³-hybridized carbons (Fsp3) is 0.632. The molecule has 2 saturated heterocycles. The standard InChI is InChI=1S/C19H27N5O2/c1-14-7-17(26-22-14)8-16-12-23(13-18(16)25)11-15-9-20-19(21-10-15)24-5-3-2-4-6-24/h7,9-10,16,18,25H,2-6,8,11-13H2,1H3/t16-,18+/m1/s1. The van der Waals surface area contributed by atoms with Crippen LogP contribution in [-0.2, 0) is 13.0 Å². The number of aromatic nitrogens is 3. The molecule has 0 spiro atoms. The van der Waals surface area contributed by atoms with Crippen molar-refractivity contribution in [3.8, 4) is 0 Å². The Hall–Kier alpha value is -1.99. The molecular formula is C19H27N5O2. The number of hydrogen-bond donors (Lipinski definition) is 1. The van der Waals surface area contributed by atoms with E-state index in [2.05, 4.69) is 24.9 Å². The fourth-order valence-corrected chi connectivity index (χ4v) is 3.99. The van der Waals surface area contributed by atoms with Crippen LogP contribution >= 0.6 is 0 Å². The molecule has 7 heteroatoms. The molecule has 0 bridgehead atoms. The summed E-state index contributed by atoms with van der Waals surface area (Å²) in [6.07, 6.45) is 8.00. The Kier molecular flexibility index (Phi) is 5.17. The molecule has 7 nitrogen and oxygen atoms in total. The van der Waals surface area contributed by atoms with Crippen molar-refractivity contribution < 1.29 is 9.63 Å². The number of hydrogen-bond acceptors (Lipinski definition) is 7. The third-order valence-electron chi connectivity index (χ3n) is 5.36. The number of aliphatic hydroxyl groups is 1. The molecule has 2 aromatic rings. The first-order chi connectivity index (χ1) is 12.7. The summed E-state index contributed by atoms with van der Waals surface area (Å²) in [4.78, 5) is 13.6. The monoisotopic (exact) mass is 357 g/mol. The number of β-amino-alcohol motifs (C(OH)–C–C–N with tert-alkyl or cyclic N) is 1. The van der Waals surface area contributed by atoms with Gasteiger partial charge in [-0.3, -0.25) is 4.90 Å². The van der Waals surface area contributed by atoms with E-state index in [0.717, 1.165) is 55.6 Å². The summed E-state index contributed by atoms with van der Waals surface area (Å²) in [5.41, 5.74) is 1.98. The average Bonchev–Trinajstić information content (AvgIpc) is 3.22. The van der Waals surface area contributed by atoms with E-state index in [1.807, 2.05) is 25.4 Å². The maximum absolute atomic E-state index is 10.4. The molecule has 0 radical (unpaired) electrons. The van der Waals surface area contributed by atoms with Crippen LogP contribution in [0.2, 0.25) is 0 Å². The Morgan fingerprint density at radius 3 is 2.62 bits per heavy atom. The first kappa shape index (κ1) is 17.4. The van der Waals surface area contributed by atoms with E-state index >= 15 is 0 Å².